The maximum atomic E-state index is 12.7. The van der Waals surface area contributed by atoms with Crippen LogP contribution in [0.4, 0.5) is 0 Å². The third kappa shape index (κ3) is 4.99. The van der Waals surface area contributed by atoms with Crippen molar-refractivity contribution in [1.82, 2.24) is 5.32 Å². The van der Waals surface area contributed by atoms with Crippen molar-refractivity contribution in [1.29, 1.82) is 0 Å². The Balaban J connectivity index is 2.20. The fourth-order valence-corrected chi connectivity index (χ4v) is 2.85. The highest BCUT2D eigenvalue weighted by Gasteiger charge is 2.18. The molecule has 0 aliphatic carbocycles. The molecular weight excluding hydrogens is 314 g/mol. The monoisotopic (exact) mass is 341 g/mol. The lowest BCUT2D eigenvalue weighted by molar-refractivity contribution is 0.0932. The van der Waals surface area contributed by atoms with Crippen LogP contribution in [0.3, 0.4) is 0 Å². The number of aryl methyl sites for hydroxylation is 1. The van der Waals surface area contributed by atoms with Gasteiger partial charge in [-0.15, -0.1) is 0 Å². The molecule has 0 bridgehead atoms. The second kappa shape index (κ2) is 8.56. The number of carbonyl (C=O) groups excluding carboxylic acids is 1. The van der Waals surface area contributed by atoms with Gasteiger partial charge >= 0.3 is 0 Å². The van der Waals surface area contributed by atoms with E-state index in [9.17, 15) is 4.79 Å². The Morgan fingerprint density at radius 2 is 1.72 bits per heavy atom. The van der Waals surface area contributed by atoms with Gasteiger partial charge in [0, 0.05) is 5.56 Å². The molecule has 25 heavy (non-hydrogen) atoms. The van der Waals surface area contributed by atoms with Crippen LogP contribution in [0.5, 0.6) is 11.5 Å². The van der Waals surface area contributed by atoms with Crippen LogP contribution in [0, 0.1) is 12.8 Å². The molecule has 2 aromatic carbocycles. The number of rotatable bonds is 7. The van der Waals surface area contributed by atoms with Crippen molar-refractivity contribution < 1.29 is 14.3 Å². The summed E-state index contributed by atoms with van der Waals surface area (Å²) in [6.07, 6.45) is 0.868. The van der Waals surface area contributed by atoms with E-state index in [0.29, 0.717) is 11.5 Å². The van der Waals surface area contributed by atoms with Crippen molar-refractivity contribution in [3.8, 4) is 11.5 Å². The van der Waals surface area contributed by atoms with Crippen molar-refractivity contribution in [3.05, 3.63) is 59.2 Å². The van der Waals surface area contributed by atoms with E-state index in [1.54, 1.807) is 20.3 Å². The van der Waals surface area contributed by atoms with E-state index in [2.05, 4.69) is 19.2 Å². The summed E-state index contributed by atoms with van der Waals surface area (Å²) in [5, 5.41) is 3.16. The molecule has 0 fully saturated rings. The number of ether oxygens (including phenoxy) is 2. The summed E-state index contributed by atoms with van der Waals surface area (Å²) < 4.78 is 10.5. The van der Waals surface area contributed by atoms with Gasteiger partial charge in [0.25, 0.3) is 5.91 Å². The fourth-order valence-electron chi connectivity index (χ4n) is 2.85. The lowest BCUT2D eigenvalue weighted by Crippen LogP contribution is -2.29. The molecule has 0 radical (unpaired) electrons. The first-order valence-corrected chi connectivity index (χ1v) is 8.54. The van der Waals surface area contributed by atoms with Gasteiger partial charge in [0.15, 0.2) is 0 Å². The van der Waals surface area contributed by atoms with Gasteiger partial charge in [0.05, 0.1) is 20.3 Å². The van der Waals surface area contributed by atoms with Gasteiger partial charge in [-0.05, 0) is 60.7 Å². The zero-order chi connectivity index (χ0) is 18.4. The summed E-state index contributed by atoms with van der Waals surface area (Å²) in [5.74, 6) is 1.98. The first-order chi connectivity index (χ1) is 11.9. The maximum Gasteiger partial charge on any atom is 0.251 e. The van der Waals surface area contributed by atoms with Crippen LogP contribution in [0.15, 0.2) is 42.5 Å². The molecule has 2 aromatic rings. The van der Waals surface area contributed by atoms with Crippen LogP contribution in [0.25, 0.3) is 0 Å². The van der Waals surface area contributed by atoms with Crippen molar-refractivity contribution in [2.75, 3.05) is 14.2 Å². The summed E-state index contributed by atoms with van der Waals surface area (Å²) in [5.41, 5.74) is 2.66. The minimum atomic E-state index is -0.0766. The number of hydrogen-bond acceptors (Lipinski definition) is 3. The Morgan fingerprint density at radius 3 is 2.24 bits per heavy atom. The van der Waals surface area contributed by atoms with E-state index in [1.165, 1.54) is 0 Å². The van der Waals surface area contributed by atoms with Crippen LogP contribution in [0.2, 0.25) is 0 Å². The van der Waals surface area contributed by atoms with E-state index in [1.807, 2.05) is 43.3 Å². The Bertz CT molecular complexity index is 708. The van der Waals surface area contributed by atoms with Crippen molar-refractivity contribution in [3.63, 3.8) is 0 Å². The topological polar surface area (TPSA) is 47.6 Å². The minimum Gasteiger partial charge on any atom is -0.497 e. The molecular formula is C21H27NO3. The molecule has 1 atom stereocenters. The zero-order valence-corrected chi connectivity index (χ0v) is 15.6. The molecule has 0 aromatic heterocycles. The molecule has 0 heterocycles. The van der Waals surface area contributed by atoms with Crippen LogP contribution >= 0.6 is 0 Å². The molecule has 0 spiro atoms. The highest BCUT2D eigenvalue weighted by Crippen LogP contribution is 2.25. The molecule has 0 unspecified atom stereocenters. The standard InChI is InChI=1S/C21H27NO3/c1-14(2)12-19(16-6-9-18(24-4)10-7-16)22-21(23)17-8-11-20(25-5)15(3)13-17/h6-11,13-14,19H,12H2,1-5H3,(H,22,23)/t19-/m0/s1. The van der Waals surface area contributed by atoms with Crippen molar-refractivity contribution in [2.45, 2.75) is 33.2 Å². The summed E-state index contributed by atoms with van der Waals surface area (Å²) in [6.45, 7) is 6.24. The zero-order valence-electron chi connectivity index (χ0n) is 15.6. The van der Waals surface area contributed by atoms with Crippen LogP contribution < -0.4 is 14.8 Å². The normalized spacial score (nSPS) is 11.9. The minimum absolute atomic E-state index is 0.0409. The molecule has 1 N–H and O–H groups in total. The van der Waals surface area contributed by atoms with Crippen LogP contribution in [-0.4, -0.2) is 20.1 Å². The van der Waals surface area contributed by atoms with Gasteiger partial charge in [-0.25, -0.2) is 0 Å². The highest BCUT2D eigenvalue weighted by atomic mass is 16.5. The fraction of sp³-hybridized carbons (Fsp3) is 0.381. The van der Waals surface area contributed by atoms with Gasteiger partial charge in [0.2, 0.25) is 0 Å². The maximum absolute atomic E-state index is 12.7. The molecule has 0 aliphatic rings. The predicted molar refractivity (Wildman–Crippen MR) is 100 cm³/mol. The third-order valence-electron chi connectivity index (χ3n) is 4.19. The summed E-state index contributed by atoms with van der Waals surface area (Å²) in [6, 6.07) is 13.3. The Hall–Kier alpha value is -2.49. The number of methoxy groups -OCH3 is 2. The number of nitrogens with one attached hydrogen (secondary N) is 1. The van der Waals surface area contributed by atoms with Crippen LogP contribution in [0.1, 0.15) is 47.8 Å². The van der Waals surface area contributed by atoms with E-state index in [4.69, 9.17) is 9.47 Å². The van der Waals surface area contributed by atoms with E-state index >= 15 is 0 Å². The number of hydrogen-bond donors (Lipinski definition) is 1. The van der Waals surface area contributed by atoms with E-state index in [-0.39, 0.29) is 11.9 Å². The van der Waals surface area contributed by atoms with E-state index in [0.717, 1.165) is 29.0 Å². The van der Waals surface area contributed by atoms with Crippen molar-refractivity contribution >= 4 is 5.91 Å². The van der Waals surface area contributed by atoms with Crippen molar-refractivity contribution in [2.24, 2.45) is 5.92 Å². The largest absolute Gasteiger partial charge is 0.497 e. The lowest BCUT2D eigenvalue weighted by atomic mass is 9.96. The Kier molecular flexibility index (Phi) is 6.45. The predicted octanol–water partition coefficient (Wildman–Crippen LogP) is 4.53. The first-order valence-electron chi connectivity index (χ1n) is 8.54. The second-order valence-corrected chi connectivity index (χ2v) is 6.61. The van der Waals surface area contributed by atoms with Gasteiger partial charge in [-0.1, -0.05) is 26.0 Å². The summed E-state index contributed by atoms with van der Waals surface area (Å²) in [7, 11) is 3.28. The second-order valence-electron chi connectivity index (χ2n) is 6.61. The van der Waals surface area contributed by atoms with Crippen LogP contribution in [-0.2, 0) is 0 Å². The average molecular weight is 341 g/mol. The third-order valence-corrected chi connectivity index (χ3v) is 4.19. The van der Waals surface area contributed by atoms with Gasteiger partial charge in [-0.2, -0.15) is 0 Å². The smallest absolute Gasteiger partial charge is 0.251 e. The molecule has 0 saturated heterocycles. The Labute approximate surface area is 150 Å². The quantitative estimate of drug-likeness (QED) is 0.805. The molecule has 0 saturated carbocycles. The van der Waals surface area contributed by atoms with Gasteiger partial charge in [0.1, 0.15) is 11.5 Å². The lowest BCUT2D eigenvalue weighted by Gasteiger charge is -2.22. The molecule has 0 aliphatic heterocycles. The average Bonchev–Trinajstić information content (AvgIpc) is 2.60. The number of amides is 1. The molecule has 4 heteroatoms. The molecule has 1 amide bonds. The van der Waals surface area contributed by atoms with Gasteiger partial charge in [-0.3, -0.25) is 4.79 Å². The van der Waals surface area contributed by atoms with E-state index < -0.39 is 0 Å². The summed E-state index contributed by atoms with van der Waals surface area (Å²) in [4.78, 5) is 12.7. The Morgan fingerprint density at radius 1 is 1.04 bits per heavy atom. The molecule has 2 rings (SSSR count). The van der Waals surface area contributed by atoms with Gasteiger partial charge < -0.3 is 14.8 Å². The number of benzene rings is 2. The summed E-state index contributed by atoms with van der Waals surface area (Å²) >= 11 is 0. The SMILES string of the molecule is COc1ccc([C@H](CC(C)C)NC(=O)c2ccc(OC)c(C)c2)cc1. The highest BCUT2D eigenvalue weighted by molar-refractivity contribution is 5.94. The first kappa shape index (κ1) is 18.8. The number of carbonyl (C=O) groups is 1. The molecule has 134 valence electrons. The molecule has 4 nitrogen and oxygen atoms in total.